The summed E-state index contributed by atoms with van der Waals surface area (Å²) < 4.78 is 14.6. The monoisotopic (exact) mass is 414 g/mol. The molecule has 0 aliphatic rings. The molecule has 0 fully saturated rings. The van der Waals surface area contributed by atoms with Crippen LogP contribution in [0.5, 0.6) is 5.75 Å². The minimum absolute atomic E-state index is 0.104. The molecular weight excluding hydrogens is 392 g/mol. The zero-order valence-corrected chi connectivity index (χ0v) is 16.6. The minimum Gasteiger partial charge on any atom is -0.495 e. The fourth-order valence-electron chi connectivity index (χ4n) is 2.40. The normalized spacial score (nSPS) is 9.93. The van der Waals surface area contributed by atoms with Gasteiger partial charge in [-0.05, 0) is 36.4 Å². The van der Waals surface area contributed by atoms with Gasteiger partial charge in [-0.25, -0.2) is 4.79 Å². The van der Waals surface area contributed by atoms with Crippen LogP contribution in [0.15, 0.2) is 48.5 Å². The predicted molar refractivity (Wildman–Crippen MR) is 108 cm³/mol. The minimum atomic E-state index is -0.679. The van der Waals surface area contributed by atoms with E-state index in [1.54, 1.807) is 24.3 Å². The molecule has 2 aromatic carbocycles. The van der Waals surface area contributed by atoms with Crippen LogP contribution in [0, 0.1) is 0 Å². The highest BCUT2D eigenvalue weighted by molar-refractivity contribution is 5.95. The maximum Gasteiger partial charge on any atom is 0.337 e. The first kappa shape index (κ1) is 22.4. The van der Waals surface area contributed by atoms with Crippen molar-refractivity contribution in [1.82, 2.24) is 0 Å². The highest BCUT2D eigenvalue weighted by Crippen LogP contribution is 2.23. The highest BCUT2D eigenvalue weighted by atomic mass is 16.5. The molecule has 9 heteroatoms. The molecule has 2 N–H and O–H groups in total. The number of methoxy groups -OCH3 is 2. The lowest BCUT2D eigenvalue weighted by atomic mass is 10.2. The number of anilines is 2. The third-order valence-corrected chi connectivity index (χ3v) is 3.89. The standard InChI is InChI=1S/C21H22N2O7/c1-28-17-6-4-3-5-16(17)23-18(24)11-12-20(26)30-13-19(25)22-15-9-7-14(8-10-15)21(27)29-2/h3-10H,11-13H2,1-2H3,(H,22,25)(H,23,24). The van der Waals surface area contributed by atoms with Crippen molar-refractivity contribution in [3.8, 4) is 5.75 Å². The Hall–Kier alpha value is -3.88. The molecule has 0 heterocycles. The van der Waals surface area contributed by atoms with Crippen LogP contribution in [0.1, 0.15) is 23.2 Å². The van der Waals surface area contributed by atoms with Gasteiger partial charge >= 0.3 is 11.9 Å². The van der Waals surface area contributed by atoms with Gasteiger partial charge in [0.15, 0.2) is 6.61 Å². The first-order valence-corrected chi connectivity index (χ1v) is 8.99. The van der Waals surface area contributed by atoms with E-state index in [0.717, 1.165) is 0 Å². The average Bonchev–Trinajstić information content (AvgIpc) is 2.76. The Bertz CT molecular complexity index is 910. The third kappa shape index (κ3) is 6.93. The molecule has 0 unspecified atom stereocenters. The van der Waals surface area contributed by atoms with Gasteiger partial charge in [-0.3, -0.25) is 14.4 Å². The second kappa shape index (κ2) is 11.2. The summed E-state index contributed by atoms with van der Waals surface area (Å²) in [5, 5.41) is 5.18. The maximum absolute atomic E-state index is 12.0. The molecule has 158 valence electrons. The second-order valence-electron chi connectivity index (χ2n) is 6.03. The summed E-state index contributed by atoms with van der Waals surface area (Å²) in [4.78, 5) is 47.0. The Balaban J connectivity index is 1.71. The topological polar surface area (TPSA) is 120 Å². The molecular formula is C21H22N2O7. The van der Waals surface area contributed by atoms with E-state index >= 15 is 0 Å². The van der Waals surface area contributed by atoms with Crippen LogP contribution in [-0.4, -0.2) is 44.6 Å². The summed E-state index contributed by atoms with van der Waals surface area (Å²) in [5.74, 6) is -1.60. The number of rotatable bonds is 9. The van der Waals surface area contributed by atoms with Crippen LogP contribution in [-0.2, 0) is 23.9 Å². The van der Waals surface area contributed by atoms with Gasteiger partial charge < -0.3 is 24.8 Å². The van der Waals surface area contributed by atoms with E-state index in [-0.39, 0.29) is 18.7 Å². The molecule has 2 amide bonds. The van der Waals surface area contributed by atoms with Crippen molar-refractivity contribution in [2.24, 2.45) is 0 Å². The van der Waals surface area contributed by atoms with Crippen molar-refractivity contribution in [2.75, 3.05) is 31.5 Å². The molecule has 0 radical (unpaired) electrons. The van der Waals surface area contributed by atoms with Crippen LogP contribution in [0.25, 0.3) is 0 Å². The van der Waals surface area contributed by atoms with Crippen molar-refractivity contribution in [3.63, 3.8) is 0 Å². The van der Waals surface area contributed by atoms with E-state index in [9.17, 15) is 19.2 Å². The molecule has 0 aromatic heterocycles. The SMILES string of the molecule is COC(=O)c1ccc(NC(=O)COC(=O)CCC(=O)Nc2ccccc2OC)cc1. The van der Waals surface area contributed by atoms with Crippen LogP contribution >= 0.6 is 0 Å². The predicted octanol–water partition coefficient (Wildman–Crippen LogP) is 2.38. The fourth-order valence-corrected chi connectivity index (χ4v) is 2.40. The number of carbonyl (C=O) groups excluding carboxylic acids is 4. The number of amides is 2. The Morgan fingerprint density at radius 3 is 2.20 bits per heavy atom. The number of esters is 2. The van der Waals surface area contributed by atoms with Gasteiger partial charge in [0.05, 0.1) is 31.9 Å². The van der Waals surface area contributed by atoms with Gasteiger partial charge in [0.2, 0.25) is 5.91 Å². The van der Waals surface area contributed by atoms with E-state index in [2.05, 4.69) is 15.4 Å². The van der Waals surface area contributed by atoms with Crippen LogP contribution < -0.4 is 15.4 Å². The Kier molecular flexibility index (Phi) is 8.37. The van der Waals surface area contributed by atoms with Crippen molar-refractivity contribution in [1.29, 1.82) is 0 Å². The lowest BCUT2D eigenvalue weighted by Gasteiger charge is -2.10. The number of benzene rings is 2. The molecule has 0 spiro atoms. The van der Waals surface area contributed by atoms with Gasteiger partial charge in [-0.15, -0.1) is 0 Å². The summed E-state index contributed by atoms with van der Waals surface area (Å²) >= 11 is 0. The number of ether oxygens (including phenoxy) is 3. The number of nitrogens with one attached hydrogen (secondary N) is 2. The number of para-hydroxylation sites is 2. The lowest BCUT2D eigenvalue weighted by molar-refractivity contribution is -0.147. The molecule has 0 aliphatic heterocycles. The molecule has 2 aromatic rings. The number of hydrogen-bond acceptors (Lipinski definition) is 7. The summed E-state index contributed by atoms with van der Waals surface area (Å²) in [6.07, 6.45) is -0.282. The van der Waals surface area contributed by atoms with E-state index < -0.39 is 24.5 Å². The molecule has 0 aliphatic carbocycles. The van der Waals surface area contributed by atoms with Gasteiger partial charge in [0.25, 0.3) is 5.91 Å². The Labute approximate surface area is 173 Å². The smallest absolute Gasteiger partial charge is 0.337 e. The number of hydrogen-bond donors (Lipinski definition) is 2. The summed E-state index contributed by atoms with van der Waals surface area (Å²) in [6, 6.07) is 12.9. The second-order valence-corrected chi connectivity index (χ2v) is 6.03. The maximum atomic E-state index is 12.0. The molecule has 30 heavy (non-hydrogen) atoms. The highest BCUT2D eigenvalue weighted by Gasteiger charge is 2.12. The average molecular weight is 414 g/mol. The summed E-state index contributed by atoms with van der Waals surface area (Å²) in [5.41, 5.74) is 1.27. The van der Waals surface area contributed by atoms with E-state index in [0.29, 0.717) is 22.7 Å². The summed E-state index contributed by atoms with van der Waals surface area (Å²) in [6.45, 7) is -0.494. The largest absolute Gasteiger partial charge is 0.495 e. The van der Waals surface area contributed by atoms with E-state index in [1.807, 2.05) is 0 Å². The first-order valence-electron chi connectivity index (χ1n) is 8.99. The van der Waals surface area contributed by atoms with Crippen LogP contribution in [0.4, 0.5) is 11.4 Å². The Morgan fingerprint density at radius 1 is 0.833 bits per heavy atom. The van der Waals surface area contributed by atoms with Crippen molar-refractivity contribution >= 4 is 35.1 Å². The lowest BCUT2D eigenvalue weighted by Crippen LogP contribution is -2.22. The van der Waals surface area contributed by atoms with E-state index in [4.69, 9.17) is 9.47 Å². The first-order chi connectivity index (χ1) is 14.4. The molecule has 0 bridgehead atoms. The summed E-state index contributed by atoms with van der Waals surface area (Å²) in [7, 11) is 2.76. The third-order valence-electron chi connectivity index (χ3n) is 3.89. The van der Waals surface area contributed by atoms with Gasteiger partial charge in [-0.1, -0.05) is 12.1 Å². The molecule has 2 rings (SSSR count). The zero-order chi connectivity index (χ0) is 21.9. The van der Waals surface area contributed by atoms with Crippen molar-refractivity contribution in [3.05, 3.63) is 54.1 Å². The molecule has 0 saturated heterocycles. The zero-order valence-electron chi connectivity index (χ0n) is 16.6. The molecule has 0 atom stereocenters. The van der Waals surface area contributed by atoms with Gasteiger partial charge in [0, 0.05) is 12.1 Å². The van der Waals surface area contributed by atoms with Crippen LogP contribution in [0.3, 0.4) is 0 Å². The van der Waals surface area contributed by atoms with Gasteiger partial charge in [-0.2, -0.15) is 0 Å². The molecule has 0 saturated carbocycles. The van der Waals surface area contributed by atoms with Gasteiger partial charge in [0.1, 0.15) is 5.75 Å². The van der Waals surface area contributed by atoms with E-state index in [1.165, 1.54) is 38.5 Å². The number of carbonyl (C=O) groups is 4. The Morgan fingerprint density at radius 2 is 1.53 bits per heavy atom. The quantitative estimate of drug-likeness (QED) is 0.605. The van der Waals surface area contributed by atoms with Crippen LogP contribution in [0.2, 0.25) is 0 Å². The molecule has 9 nitrogen and oxygen atoms in total. The van der Waals surface area contributed by atoms with Crippen molar-refractivity contribution < 1.29 is 33.4 Å². The fraction of sp³-hybridized carbons (Fsp3) is 0.238. The van der Waals surface area contributed by atoms with Crippen molar-refractivity contribution in [2.45, 2.75) is 12.8 Å².